The quantitative estimate of drug-likeness (QED) is 0.807. The predicted octanol–water partition coefficient (Wildman–Crippen LogP) is 2.35. The number of hydrogen-bond donors (Lipinski definition) is 1. The van der Waals surface area contributed by atoms with Gasteiger partial charge in [0.2, 0.25) is 0 Å². The van der Waals surface area contributed by atoms with Gasteiger partial charge in [-0.25, -0.2) is 9.50 Å². The first-order valence-corrected chi connectivity index (χ1v) is 8.08. The van der Waals surface area contributed by atoms with Crippen molar-refractivity contribution in [3.8, 4) is 11.1 Å². The molecule has 118 valence electrons. The smallest absolute Gasteiger partial charge is 0.162 e. The third kappa shape index (κ3) is 2.98. The maximum atomic E-state index is 9.78. The molecular formula is C18H20N4O. The summed E-state index contributed by atoms with van der Waals surface area (Å²) >= 11 is 0. The van der Waals surface area contributed by atoms with E-state index in [0.29, 0.717) is 0 Å². The van der Waals surface area contributed by atoms with Crippen molar-refractivity contribution in [3.05, 3.63) is 54.5 Å². The van der Waals surface area contributed by atoms with Crippen LogP contribution in [0.25, 0.3) is 16.8 Å². The number of aliphatic hydroxyl groups is 1. The topological polar surface area (TPSA) is 53.7 Å². The fourth-order valence-corrected chi connectivity index (χ4v) is 3.25. The molecule has 2 aromatic heterocycles. The molecule has 1 fully saturated rings. The Hall–Kier alpha value is -2.24. The van der Waals surface area contributed by atoms with Crippen LogP contribution in [0.3, 0.4) is 0 Å². The van der Waals surface area contributed by atoms with E-state index in [1.807, 2.05) is 41.3 Å². The molecule has 1 atom stereocenters. The Balaban J connectivity index is 1.60. The number of hydrogen-bond acceptors (Lipinski definition) is 4. The maximum absolute atomic E-state index is 9.78. The molecule has 0 saturated carbocycles. The Labute approximate surface area is 135 Å². The summed E-state index contributed by atoms with van der Waals surface area (Å²) in [4.78, 5) is 6.89. The van der Waals surface area contributed by atoms with Crippen molar-refractivity contribution in [2.45, 2.75) is 25.5 Å². The molecule has 0 amide bonds. The monoisotopic (exact) mass is 308 g/mol. The normalized spacial score (nSPS) is 19.3. The van der Waals surface area contributed by atoms with Crippen LogP contribution in [-0.2, 0) is 6.54 Å². The Morgan fingerprint density at radius 2 is 2.04 bits per heavy atom. The van der Waals surface area contributed by atoms with Gasteiger partial charge in [0.15, 0.2) is 5.65 Å². The number of β-amino-alcohol motifs (C(OH)–C–C–N with tert-alkyl or cyclic N) is 1. The van der Waals surface area contributed by atoms with Crippen molar-refractivity contribution >= 4 is 5.65 Å². The van der Waals surface area contributed by atoms with Gasteiger partial charge in [0.1, 0.15) is 0 Å². The molecule has 5 nitrogen and oxygen atoms in total. The van der Waals surface area contributed by atoms with Gasteiger partial charge < -0.3 is 5.11 Å². The molecule has 0 aliphatic carbocycles. The number of aliphatic hydroxyl groups excluding tert-OH is 1. The molecule has 3 heterocycles. The molecule has 1 aliphatic rings. The lowest BCUT2D eigenvalue weighted by atomic mass is 10.1. The highest BCUT2D eigenvalue weighted by Crippen LogP contribution is 2.23. The second-order valence-corrected chi connectivity index (χ2v) is 6.19. The Bertz CT molecular complexity index is 799. The average molecular weight is 308 g/mol. The fourth-order valence-electron chi connectivity index (χ4n) is 3.25. The molecule has 1 aliphatic heterocycles. The van der Waals surface area contributed by atoms with Crippen molar-refractivity contribution in [2.75, 3.05) is 13.1 Å². The van der Waals surface area contributed by atoms with Gasteiger partial charge >= 0.3 is 0 Å². The molecule has 4 rings (SSSR count). The Morgan fingerprint density at radius 3 is 2.87 bits per heavy atom. The van der Waals surface area contributed by atoms with E-state index in [-0.39, 0.29) is 6.10 Å². The summed E-state index contributed by atoms with van der Waals surface area (Å²) in [5.41, 5.74) is 4.17. The van der Waals surface area contributed by atoms with Gasteiger partial charge in [-0.05, 0) is 24.9 Å². The van der Waals surface area contributed by atoms with Crippen LogP contribution in [-0.4, -0.2) is 43.8 Å². The molecule has 23 heavy (non-hydrogen) atoms. The summed E-state index contributed by atoms with van der Waals surface area (Å²) in [6.07, 6.45) is 7.59. The van der Waals surface area contributed by atoms with Gasteiger partial charge in [-0.2, -0.15) is 5.10 Å². The zero-order chi connectivity index (χ0) is 15.6. The first-order chi connectivity index (χ1) is 11.3. The second kappa shape index (κ2) is 6.10. The van der Waals surface area contributed by atoms with Crippen molar-refractivity contribution in [1.82, 2.24) is 19.5 Å². The standard InChI is InChI=1S/C18H20N4O/c23-16-7-4-8-21(13-16)11-14-9-19-18-17(10-20-22(18)12-14)15-5-2-1-3-6-15/h1-3,5-6,9-10,12,16,23H,4,7-8,11,13H2/t16-/m1/s1. The zero-order valence-electron chi connectivity index (χ0n) is 13.0. The molecule has 1 N–H and O–H groups in total. The molecular weight excluding hydrogens is 288 g/mol. The summed E-state index contributed by atoms with van der Waals surface area (Å²) in [5.74, 6) is 0. The van der Waals surface area contributed by atoms with Gasteiger partial charge in [-0.1, -0.05) is 30.3 Å². The lowest BCUT2D eigenvalue weighted by Gasteiger charge is -2.29. The average Bonchev–Trinajstić information content (AvgIpc) is 2.99. The minimum absolute atomic E-state index is 0.199. The lowest BCUT2D eigenvalue weighted by Crippen LogP contribution is -2.37. The molecule has 1 saturated heterocycles. The molecule has 0 radical (unpaired) electrons. The van der Waals surface area contributed by atoms with Crippen LogP contribution < -0.4 is 0 Å². The highest BCUT2D eigenvalue weighted by molar-refractivity contribution is 5.76. The molecule has 5 heteroatoms. The number of aromatic nitrogens is 3. The number of fused-ring (bicyclic) bond motifs is 1. The van der Waals surface area contributed by atoms with Crippen LogP contribution in [0, 0.1) is 0 Å². The van der Waals surface area contributed by atoms with Gasteiger partial charge in [0.05, 0.1) is 12.3 Å². The van der Waals surface area contributed by atoms with Crippen LogP contribution in [0.2, 0.25) is 0 Å². The third-order valence-electron chi connectivity index (χ3n) is 4.38. The Kier molecular flexibility index (Phi) is 3.81. The first kappa shape index (κ1) is 14.4. The van der Waals surface area contributed by atoms with Crippen molar-refractivity contribution in [1.29, 1.82) is 0 Å². The molecule has 0 spiro atoms. The van der Waals surface area contributed by atoms with Crippen LogP contribution in [0.4, 0.5) is 0 Å². The van der Waals surface area contributed by atoms with Crippen molar-refractivity contribution in [3.63, 3.8) is 0 Å². The minimum atomic E-state index is -0.199. The van der Waals surface area contributed by atoms with E-state index in [1.165, 1.54) is 0 Å². The van der Waals surface area contributed by atoms with E-state index in [9.17, 15) is 5.11 Å². The SMILES string of the molecule is O[C@@H]1CCCN(Cc2cnc3c(-c4ccccc4)cnn3c2)C1. The Morgan fingerprint density at radius 1 is 1.17 bits per heavy atom. The van der Waals surface area contributed by atoms with Gasteiger partial charge in [0, 0.05) is 36.6 Å². The lowest BCUT2D eigenvalue weighted by molar-refractivity contribution is 0.0667. The first-order valence-electron chi connectivity index (χ1n) is 8.08. The molecule has 0 unspecified atom stereocenters. The highest BCUT2D eigenvalue weighted by atomic mass is 16.3. The third-order valence-corrected chi connectivity index (χ3v) is 4.38. The van der Waals surface area contributed by atoms with E-state index >= 15 is 0 Å². The second-order valence-electron chi connectivity index (χ2n) is 6.19. The largest absolute Gasteiger partial charge is 0.392 e. The summed E-state index contributed by atoms with van der Waals surface area (Å²) in [5, 5.41) is 14.2. The number of benzene rings is 1. The zero-order valence-corrected chi connectivity index (χ0v) is 13.0. The van der Waals surface area contributed by atoms with Gasteiger partial charge in [-0.3, -0.25) is 4.90 Å². The van der Waals surface area contributed by atoms with Crippen molar-refractivity contribution in [2.24, 2.45) is 0 Å². The highest BCUT2D eigenvalue weighted by Gasteiger charge is 2.18. The van der Waals surface area contributed by atoms with E-state index in [1.54, 1.807) is 0 Å². The van der Waals surface area contributed by atoms with E-state index in [2.05, 4.69) is 27.1 Å². The number of rotatable bonds is 3. The maximum Gasteiger partial charge on any atom is 0.162 e. The van der Waals surface area contributed by atoms with Gasteiger partial charge in [-0.15, -0.1) is 0 Å². The molecule has 3 aromatic rings. The fraction of sp³-hybridized carbons (Fsp3) is 0.333. The van der Waals surface area contributed by atoms with E-state index < -0.39 is 0 Å². The number of piperidine rings is 1. The van der Waals surface area contributed by atoms with Gasteiger partial charge in [0.25, 0.3) is 0 Å². The minimum Gasteiger partial charge on any atom is -0.392 e. The number of likely N-dealkylation sites (tertiary alicyclic amines) is 1. The molecule has 0 bridgehead atoms. The molecule has 1 aromatic carbocycles. The van der Waals surface area contributed by atoms with E-state index in [4.69, 9.17) is 0 Å². The van der Waals surface area contributed by atoms with E-state index in [0.717, 1.165) is 54.8 Å². The van der Waals surface area contributed by atoms with Crippen LogP contribution in [0.5, 0.6) is 0 Å². The summed E-state index contributed by atoms with van der Waals surface area (Å²) < 4.78 is 1.85. The number of nitrogens with zero attached hydrogens (tertiary/aromatic N) is 4. The summed E-state index contributed by atoms with van der Waals surface area (Å²) in [7, 11) is 0. The van der Waals surface area contributed by atoms with Crippen LogP contribution in [0.1, 0.15) is 18.4 Å². The summed E-state index contributed by atoms with van der Waals surface area (Å²) in [6.45, 7) is 2.58. The summed E-state index contributed by atoms with van der Waals surface area (Å²) in [6, 6.07) is 10.2. The van der Waals surface area contributed by atoms with Crippen LogP contribution >= 0.6 is 0 Å². The van der Waals surface area contributed by atoms with Crippen LogP contribution in [0.15, 0.2) is 48.9 Å². The van der Waals surface area contributed by atoms with Crippen molar-refractivity contribution < 1.29 is 5.11 Å². The predicted molar refractivity (Wildman–Crippen MR) is 88.9 cm³/mol.